The van der Waals surface area contributed by atoms with E-state index in [0.29, 0.717) is 10.8 Å². The first-order chi connectivity index (χ1) is 9.40. The number of carboxylic acids is 1. The van der Waals surface area contributed by atoms with E-state index in [-0.39, 0.29) is 6.54 Å². The quantitative estimate of drug-likeness (QED) is 0.737. The summed E-state index contributed by atoms with van der Waals surface area (Å²) in [7, 11) is -3.93. The Kier molecular flexibility index (Phi) is 4.43. The molecule has 0 radical (unpaired) electrons. The summed E-state index contributed by atoms with van der Waals surface area (Å²) in [6.07, 6.45) is 1.42. The number of thiophene rings is 1. The van der Waals surface area contributed by atoms with Crippen LogP contribution in [0.3, 0.4) is 0 Å². The lowest BCUT2D eigenvalue weighted by molar-refractivity contribution is 0.0692. The summed E-state index contributed by atoms with van der Waals surface area (Å²) < 4.78 is 26.8. The van der Waals surface area contributed by atoms with Crippen LogP contribution in [0.2, 0.25) is 4.34 Å². The van der Waals surface area contributed by atoms with E-state index in [4.69, 9.17) is 16.7 Å². The van der Waals surface area contributed by atoms with Crippen LogP contribution in [0.1, 0.15) is 15.2 Å². The van der Waals surface area contributed by atoms with Crippen LogP contribution >= 0.6 is 22.9 Å². The molecule has 3 N–H and O–H groups in total. The molecule has 0 bridgehead atoms. The number of rotatable bonds is 6. The van der Waals surface area contributed by atoms with Crippen LogP contribution < -0.4 is 4.72 Å². The number of nitrogens with one attached hydrogen (secondary N) is 2. The largest absolute Gasteiger partial charge is 0.478 e. The molecule has 0 unspecified atom stereocenters. The first-order valence-electron chi connectivity index (χ1n) is 5.40. The SMILES string of the molecule is O=C(O)c1cn[nH]c1S(=O)(=O)NCCc1ccc(Cl)s1. The highest BCUT2D eigenvalue weighted by molar-refractivity contribution is 7.89. The molecule has 2 rings (SSSR count). The Hall–Kier alpha value is -1.42. The van der Waals surface area contributed by atoms with E-state index >= 15 is 0 Å². The Morgan fingerprint density at radius 2 is 2.25 bits per heavy atom. The number of aromatic amines is 1. The van der Waals surface area contributed by atoms with Crippen LogP contribution in [-0.2, 0) is 16.4 Å². The van der Waals surface area contributed by atoms with Crippen molar-refractivity contribution in [3.8, 4) is 0 Å². The molecule has 2 heterocycles. The second-order valence-corrected chi connectivity index (χ2v) is 7.27. The van der Waals surface area contributed by atoms with E-state index in [2.05, 4.69) is 14.9 Å². The maximum Gasteiger partial charge on any atom is 0.340 e. The highest BCUT2D eigenvalue weighted by atomic mass is 35.5. The van der Waals surface area contributed by atoms with Gasteiger partial charge in [-0.15, -0.1) is 11.3 Å². The zero-order valence-electron chi connectivity index (χ0n) is 9.96. The summed E-state index contributed by atoms with van der Waals surface area (Å²) in [5, 5.41) is 14.0. The molecule has 0 fully saturated rings. The van der Waals surface area contributed by atoms with Gasteiger partial charge in [0.2, 0.25) is 0 Å². The Labute approximate surface area is 123 Å². The standard InChI is InChI=1S/C10H10ClN3O4S2/c11-8-2-1-6(19-8)3-4-13-20(17,18)9-7(10(15)16)5-12-14-9/h1-2,5,13H,3-4H2,(H,12,14)(H,15,16). The number of nitrogens with zero attached hydrogens (tertiary/aromatic N) is 1. The lowest BCUT2D eigenvalue weighted by Crippen LogP contribution is -2.27. The highest BCUT2D eigenvalue weighted by Gasteiger charge is 2.24. The third-order valence-corrected chi connectivity index (χ3v) is 5.12. The van der Waals surface area contributed by atoms with Crippen molar-refractivity contribution in [2.75, 3.05) is 6.54 Å². The van der Waals surface area contributed by atoms with E-state index in [0.717, 1.165) is 11.1 Å². The van der Waals surface area contributed by atoms with Crippen LogP contribution in [0, 0.1) is 0 Å². The first kappa shape index (κ1) is 15.0. The van der Waals surface area contributed by atoms with Crippen molar-refractivity contribution in [2.45, 2.75) is 11.4 Å². The van der Waals surface area contributed by atoms with Gasteiger partial charge in [0.25, 0.3) is 10.0 Å². The number of aromatic carboxylic acids is 1. The first-order valence-corrected chi connectivity index (χ1v) is 8.08. The molecule has 7 nitrogen and oxygen atoms in total. The number of carboxylic acid groups (broad SMARTS) is 1. The number of halogens is 1. The maximum absolute atomic E-state index is 11.9. The van der Waals surface area contributed by atoms with Crippen LogP contribution in [0.5, 0.6) is 0 Å². The zero-order valence-corrected chi connectivity index (χ0v) is 12.3. The second-order valence-electron chi connectivity index (χ2n) is 3.77. The molecule has 20 heavy (non-hydrogen) atoms. The normalized spacial score (nSPS) is 11.7. The molecule has 2 aromatic heterocycles. The average Bonchev–Trinajstić information content (AvgIpc) is 2.97. The average molecular weight is 336 g/mol. The fraction of sp³-hybridized carbons (Fsp3) is 0.200. The van der Waals surface area contributed by atoms with E-state index in [9.17, 15) is 13.2 Å². The van der Waals surface area contributed by atoms with Crippen LogP contribution in [0.25, 0.3) is 0 Å². The Morgan fingerprint density at radius 1 is 1.50 bits per heavy atom. The lowest BCUT2D eigenvalue weighted by atomic mass is 10.3. The fourth-order valence-corrected chi connectivity index (χ4v) is 3.70. The van der Waals surface area contributed by atoms with Crippen molar-refractivity contribution in [2.24, 2.45) is 0 Å². The molecule has 0 spiro atoms. The van der Waals surface area contributed by atoms with Crippen LogP contribution in [0.4, 0.5) is 0 Å². The molecule has 0 aliphatic rings. The Morgan fingerprint density at radius 3 is 2.85 bits per heavy atom. The molecular weight excluding hydrogens is 326 g/mol. The predicted octanol–water partition coefficient (Wildman–Crippen LogP) is 1.34. The minimum Gasteiger partial charge on any atom is -0.478 e. The van der Waals surface area contributed by atoms with Gasteiger partial charge in [0.05, 0.1) is 10.5 Å². The van der Waals surface area contributed by atoms with Gasteiger partial charge in [-0.2, -0.15) is 5.10 Å². The van der Waals surface area contributed by atoms with Gasteiger partial charge in [0.1, 0.15) is 5.56 Å². The van der Waals surface area contributed by atoms with Gasteiger partial charge in [-0.25, -0.2) is 17.9 Å². The second kappa shape index (κ2) is 5.92. The number of hydrogen-bond acceptors (Lipinski definition) is 5. The lowest BCUT2D eigenvalue weighted by Gasteiger charge is -2.04. The minimum absolute atomic E-state index is 0.136. The van der Waals surface area contributed by atoms with Gasteiger partial charge in [-0.05, 0) is 18.6 Å². The summed E-state index contributed by atoms with van der Waals surface area (Å²) in [6.45, 7) is 0.136. The zero-order chi connectivity index (χ0) is 14.8. The molecule has 0 atom stereocenters. The molecule has 0 saturated carbocycles. The van der Waals surface area contributed by atoms with Gasteiger partial charge < -0.3 is 5.11 Å². The summed E-state index contributed by atoms with van der Waals surface area (Å²) in [5.74, 6) is -1.36. The third kappa shape index (κ3) is 3.37. The molecular formula is C10H10ClN3O4S2. The van der Waals surface area contributed by atoms with Crippen LogP contribution in [-0.4, -0.2) is 36.2 Å². The molecule has 0 saturated heterocycles. The third-order valence-electron chi connectivity index (χ3n) is 2.40. The van der Waals surface area contributed by atoms with Gasteiger partial charge in [-0.3, -0.25) is 5.10 Å². The molecule has 2 aromatic rings. The van der Waals surface area contributed by atoms with Crippen molar-refractivity contribution in [1.82, 2.24) is 14.9 Å². The highest BCUT2D eigenvalue weighted by Crippen LogP contribution is 2.21. The van der Waals surface area contributed by atoms with Gasteiger partial charge in [0, 0.05) is 11.4 Å². The van der Waals surface area contributed by atoms with Gasteiger partial charge in [0.15, 0.2) is 5.03 Å². The number of sulfonamides is 1. The van der Waals surface area contributed by atoms with Gasteiger partial charge >= 0.3 is 5.97 Å². The molecule has 0 aliphatic carbocycles. The number of H-pyrrole nitrogens is 1. The number of carbonyl (C=O) groups is 1. The van der Waals surface area contributed by atoms with Crippen molar-refractivity contribution < 1.29 is 18.3 Å². The van der Waals surface area contributed by atoms with E-state index < -0.39 is 26.6 Å². The Balaban J connectivity index is 2.04. The fourth-order valence-electron chi connectivity index (χ4n) is 1.50. The summed E-state index contributed by atoms with van der Waals surface area (Å²) in [6, 6.07) is 3.54. The monoisotopic (exact) mass is 335 g/mol. The van der Waals surface area contributed by atoms with Gasteiger partial charge in [-0.1, -0.05) is 11.6 Å². The molecule has 108 valence electrons. The minimum atomic E-state index is -3.93. The Bertz CT molecular complexity index is 722. The molecule has 10 heteroatoms. The van der Waals surface area contributed by atoms with Crippen molar-refractivity contribution in [1.29, 1.82) is 0 Å². The van der Waals surface area contributed by atoms with Crippen molar-refractivity contribution >= 4 is 38.9 Å². The predicted molar refractivity (Wildman–Crippen MR) is 73.8 cm³/mol. The van der Waals surface area contributed by atoms with Crippen LogP contribution in [0.15, 0.2) is 23.4 Å². The molecule has 0 aliphatic heterocycles. The maximum atomic E-state index is 11.9. The molecule has 0 aromatic carbocycles. The summed E-state index contributed by atoms with van der Waals surface area (Å²) >= 11 is 7.13. The smallest absolute Gasteiger partial charge is 0.340 e. The topological polar surface area (TPSA) is 112 Å². The summed E-state index contributed by atoms with van der Waals surface area (Å²) in [5.41, 5.74) is -0.392. The van der Waals surface area contributed by atoms with Crippen molar-refractivity contribution in [3.05, 3.63) is 33.1 Å². The number of hydrogen-bond donors (Lipinski definition) is 3. The van der Waals surface area contributed by atoms with E-state index in [1.807, 2.05) is 0 Å². The van der Waals surface area contributed by atoms with E-state index in [1.165, 1.54) is 11.3 Å². The summed E-state index contributed by atoms with van der Waals surface area (Å²) in [4.78, 5) is 11.8. The molecule has 0 amide bonds. The van der Waals surface area contributed by atoms with Crippen molar-refractivity contribution in [3.63, 3.8) is 0 Å². The number of aromatic nitrogens is 2. The van der Waals surface area contributed by atoms with E-state index in [1.54, 1.807) is 12.1 Å².